The van der Waals surface area contributed by atoms with Crippen LogP contribution in [0.3, 0.4) is 0 Å². The van der Waals surface area contributed by atoms with E-state index in [0.717, 1.165) is 25.7 Å². The molecule has 1 aromatic rings. The van der Waals surface area contributed by atoms with Crippen LogP contribution in [0.1, 0.15) is 37.7 Å². The summed E-state index contributed by atoms with van der Waals surface area (Å²) < 4.78 is 1.49. The number of anilines is 2. The molecule has 7 heteroatoms. The first-order valence-corrected chi connectivity index (χ1v) is 6.73. The van der Waals surface area contributed by atoms with Gasteiger partial charge in [-0.05, 0) is 25.7 Å². The van der Waals surface area contributed by atoms with E-state index in [-0.39, 0.29) is 12.1 Å². The largest absolute Gasteiger partial charge is 0.393 e. The first-order chi connectivity index (χ1) is 9.65. The summed E-state index contributed by atoms with van der Waals surface area (Å²) in [7, 11) is 0. The van der Waals surface area contributed by atoms with Crippen molar-refractivity contribution in [3.8, 4) is 12.1 Å². The number of nitrogens with one attached hydrogen (secondary N) is 1. The van der Waals surface area contributed by atoms with Crippen LogP contribution in [0, 0.1) is 22.7 Å². The standard InChI is InChI=1S/C13H18N6O/c14-6-1-7-19-12(16)11(8-15)13(18-19)17-9-2-4-10(20)5-3-9/h9-10,20H,1-5,7,16H2,(H,17,18). The van der Waals surface area contributed by atoms with E-state index in [1.165, 1.54) is 4.68 Å². The lowest BCUT2D eigenvalue weighted by Crippen LogP contribution is -2.28. The smallest absolute Gasteiger partial charge is 0.168 e. The highest BCUT2D eigenvalue weighted by Gasteiger charge is 2.22. The fourth-order valence-electron chi connectivity index (χ4n) is 2.43. The molecule has 1 heterocycles. The molecule has 0 aliphatic heterocycles. The van der Waals surface area contributed by atoms with Gasteiger partial charge in [-0.25, -0.2) is 4.68 Å². The van der Waals surface area contributed by atoms with Crippen LogP contribution in [0.2, 0.25) is 0 Å². The average Bonchev–Trinajstić information content (AvgIpc) is 2.74. The second kappa shape index (κ2) is 6.27. The van der Waals surface area contributed by atoms with Crippen LogP contribution < -0.4 is 11.1 Å². The van der Waals surface area contributed by atoms with Gasteiger partial charge in [-0.2, -0.15) is 15.6 Å². The zero-order valence-electron chi connectivity index (χ0n) is 11.2. The van der Waals surface area contributed by atoms with E-state index in [1.54, 1.807) is 0 Å². The predicted molar refractivity (Wildman–Crippen MR) is 73.5 cm³/mol. The number of nitrogens with two attached hydrogens (primary N) is 1. The Morgan fingerprint density at radius 1 is 1.35 bits per heavy atom. The molecule has 0 unspecified atom stereocenters. The Morgan fingerprint density at radius 2 is 2.05 bits per heavy atom. The molecule has 1 aliphatic carbocycles. The molecule has 0 aromatic carbocycles. The quantitative estimate of drug-likeness (QED) is 0.751. The first-order valence-electron chi connectivity index (χ1n) is 6.73. The molecule has 0 amide bonds. The molecule has 0 atom stereocenters. The maximum absolute atomic E-state index is 9.49. The number of aliphatic hydroxyl groups excluding tert-OH is 1. The normalized spacial score (nSPS) is 21.9. The van der Waals surface area contributed by atoms with Gasteiger partial charge in [0.2, 0.25) is 0 Å². The first kappa shape index (κ1) is 14.2. The van der Waals surface area contributed by atoms with Gasteiger partial charge in [0.15, 0.2) is 5.82 Å². The zero-order chi connectivity index (χ0) is 14.5. The summed E-state index contributed by atoms with van der Waals surface area (Å²) in [6, 6.07) is 4.28. The van der Waals surface area contributed by atoms with Gasteiger partial charge in [0.25, 0.3) is 0 Å². The van der Waals surface area contributed by atoms with Crippen LogP contribution in [0.4, 0.5) is 11.6 Å². The summed E-state index contributed by atoms with van der Waals surface area (Å²) in [5, 5.41) is 34.8. The predicted octanol–water partition coefficient (Wildman–Crippen LogP) is 0.966. The highest BCUT2D eigenvalue weighted by Crippen LogP contribution is 2.26. The van der Waals surface area contributed by atoms with Gasteiger partial charge in [0.05, 0.1) is 25.1 Å². The third-order valence-electron chi connectivity index (χ3n) is 3.58. The lowest BCUT2D eigenvalue weighted by molar-refractivity contribution is 0.126. The van der Waals surface area contributed by atoms with Crippen molar-refractivity contribution >= 4 is 11.6 Å². The third kappa shape index (κ3) is 3.01. The van der Waals surface area contributed by atoms with Crippen LogP contribution in [-0.4, -0.2) is 27.0 Å². The summed E-state index contributed by atoms with van der Waals surface area (Å²) in [6.07, 6.45) is 3.27. The van der Waals surface area contributed by atoms with Crippen molar-refractivity contribution in [2.75, 3.05) is 11.1 Å². The van der Waals surface area contributed by atoms with Crippen molar-refractivity contribution in [2.24, 2.45) is 0 Å². The lowest BCUT2D eigenvalue weighted by atomic mass is 9.93. The Balaban J connectivity index is 2.11. The van der Waals surface area contributed by atoms with Gasteiger partial charge in [-0.3, -0.25) is 0 Å². The van der Waals surface area contributed by atoms with Gasteiger partial charge in [-0.1, -0.05) is 0 Å². The average molecular weight is 274 g/mol. The van der Waals surface area contributed by atoms with Crippen LogP contribution in [0.25, 0.3) is 0 Å². The van der Waals surface area contributed by atoms with E-state index < -0.39 is 0 Å². The number of nitrogen functional groups attached to an aromatic ring is 1. The molecule has 7 nitrogen and oxygen atoms in total. The molecule has 0 saturated heterocycles. The Hall–Kier alpha value is -2.25. The molecule has 1 aliphatic rings. The molecule has 4 N–H and O–H groups in total. The minimum Gasteiger partial charge on any atom is -0.393 e. The van der Waals surface area contributed by atoms with Gasteiger partial charge in [0, 0.05) is 6.04 Å². The SMILES string of the molecule is N#CCCn1nc(NC2CCC(O)CC2)c(C#N)c1N. The third-order valence-corrected chi connectivity index (χ3v) is 3.58. The highest BCUT2D eigenvalue weighted by atomic mass is 16.3. The maximum atomic E-state index is 9.49. The van der Waals surface area contributed by atoms with E-state index in [4.69, 9.17) is 11.0 Å². The van der Waals surface area contributed by atoms with Crippen molar-refractivity contribution in [1.29, 1.82) is 10.5 Å². The minimum atomic E-state index is -0.221. The van der Waals surface area contributed by atoms with Crippen LogP contribution in [-0.2, 0) is 6.54 Å². The Kier molecular flexibility index (Phi) is 4.44. The lowest BCUT2D eigenvalue weighted by Gasteiger charge is -2.26. The van der Waals surface area contributed by atoms with E-state index in [2.05, 4.69) is 16.5 Å². The number of rotatable bonds is 4. The molecule has 2 rings (SSSR count). The molecule has 106 valence electrons. The Bertz CT molecular complexity index is 544. The topological polar surface area (TPSA) is 124 Å². The van der Waals surface area contributed by atoms with Gasteiger partial charge in [0.1, 0.15) is 17.5 Å². The van der Waals surface area contributed by atoms with Crippen LogP contribution in [0.5, 0.6) is 0 Å². The van der Waals surface area contributed by atoms with Gasteiger partial charge < -0.3 is 16.2 Å². The van der Waals surface area contributed by atoms with E-state index in [9.17, 15) is 10.4 Å². The molecule has 1 aromatic heterocycles. The van der Waals surface area contributed by atoms with Crippen molar-refractivity contribution < 1.29 is 5.11 Å². The summed E-state index contributed by atoms with van der Waals surface area (Å²) in [4.78, 5) is 0. The van der Waals surface area contributed by atoms with E-state index in [1.807, 2.05) is 6.07 Å². The second-order valence-corrected chi connectivity index (χ2v) is 5.00. The summed E-state index contributed by atoms with van der Waals surface area (Å²) >= 11 is 0. The molecular formula is C13H18N6O. The number of hydrogen-bond acceptors (Lipinski definition) is 6. The fraction of sp³-hybridized carbons (Fsp3) is 0.615. The zero-order valence-corrected chi connectivity index (χ0v) is 11.2. The molecule has 0 spiro atoms. The van der Waals surface area contributed by atoms with E-state index in [0.29, 0.717) is 30.2 Å². The monoisotopic (exact) mass is 274 g/mol. The van der Waals surface area contributed by atoms with Crippen LogP contribution in [0.15, 0.2) is 0 Å². The molecule has 1 fully saturated rings. The molecule has 0 bridgehead atoms. The summed E-state index contributed by atoms with van der Waals surface area (Å²) in [5.74, 6) is 0.769. The van der Waals surface area contributed by atoms with Crippen molar-refractivity contribution in [3.63, 3.8) is 0 Å². The van der Waals surface area contributed by atoms with Crippen molar-refractivity contribution in [1.82, 2.24) is 9.78 Å². The number of aromatic nitrogens is 2. The summed E-state index contributed by atoms with van der Waals surface area (Å²) in [5.41, 5.74) is 6.20. The number of nitriles is 2. The number of hydrogen-bond donors (Lipinski definition) is 3. The molecule has 1 saturated carbocycles. The van der Waals surface area contributed by atoms with Crippen LogP contribution >= 0.6 is 0 Å². The number of nitrogens with zero attached hydrogens (tertiary/aromatic N) is 4. The Morgan fingerprint density at radius 3 is 2.65 bits per heavy atom. The van der Waals surface area contributed by atoms with Crippen molar-refractivity contribution in [2.45, 2.75) is 50.8 Å². The van der Waals surface area contributed by atoms with E-state index >= 15 is 0 Å². The maximum Gasteiger partial charge on any atom is 0.168 e. The minimum absolute atomic E-state index is 0.198. The van der Waals surface area contributed by atoms with Crippen molar-refractivity contribution in [3.05, 3.63) is 5.56 Å². The van der Waals surface area contributed by atoms with Gasteiger partial charge >= 0.3 is 0 Å². The second-order valence-electron chi connectivity index (χ2n) is 5.00. The Labute approximate surface area is 117 Å². The highest BCUT2D eigenvalue weighted by molar-refractivity contribution is 5.64. The molecule has 0 radical (unpaired) electrons. The van der Waals surface area contributed by atoms with Gasteiger partial charge in [-0.15, -0.1) is 0 Å². The number of aliphatic hydroxyl groups is 1. The fourth-order valence-corrected chi connectivity index (χ4v) is 2.43. The molecule has 20 heavy (non-hydrogen) atoms. The number of aryl methyl sites for hydroxylation is 1. The summed E-state index contributed by atoms with van der Waals surface area (Å²) in [6.45, 7) is 0.377. The molecular weight excluding hydrogens is 256 g/mol.